The van der Waals surface area contributed by atoms with Crippen LogP contribution in [0.25, 0.3) is 22.0 Å². The summed E-state index contributed by atoms with van der Waals surface area (Å²) in [6.07, 6.45) is 4.04. The van der Waals surface area contributed by atoms with Gasteiger partial charge in [0, 0.05) is 24.6 Å². The van der Waals surface area contributed by atoms with E-state index in [1.807, 2.05) is 37.3 Å². The molecule has 1 aliphatic rings. The summed E-state index contributed by atoms with van der Waals surface area (Å²) in [5.74, 6) is 1.59. The number of pyridine rings is 1. The van der Waals surface area contributed by atoms with Crippen molar-refractivity contribution in [1.82, 2.24) is 4.98 Å². The first-order valence-electron chi connectivity index (χ1n) is 9.61. The molecule has 0 amide bonds. The van der Waals surface area contributed by atoms with Crippen molar-refractivity contribution >= 4 is 16.7 Å². The molecule has 0 unspecified atom stereocenters. The van der Waals surface area contributed by atoms with E-state index in [1.165, 1.54) is 0 Å². The predicted octanol–water partition coefficient (Wildman–Crippen LogP) is 4.05. The molecule has 0 radical (unpaired) electrons. The van der Waals surface area contributed by atoms with E-state index >= 15 is 0 Å². The lowest BCUT2D eigenvalue weighted by Gasteiger charge is -2.20. The summed E-state index contributed by atoms with van der Waals surface area (Å²) >= 11 is 0. The van der Waals surface area contributed by atoms with Crippen molar-refractivity contribution in [3.05, 3.63) is 57.9 Å². The number of ketones is 1. The zero-order chi connectivity index (χ0) is 19.7. The van der Waals surface area contributed by atoms with Crippen LogP contribution in [0.4, 0.5) is 0 Å². The number of H-pyrrole nitrogens is 1. The second kappa shape index (κ2) is 7.50. The average molecular weight is 377 g/mol. The van der Waals surface area contributed by atoms with Crippen LogP contribution in [-0.4, -0.2) is 24.5 Å². The Bertz CT molecular complexity index is 1100. The highest BCUT2D eigenvalue weighted by Gasteiger charge is 2.23. The van der Waals surface area contributed by atoms with Crippen LogP contribution < -0.4 is 14.9 Å². The van der Waals surface area contributed by atoms with Crippen molar-refractivity contribution in [2.24, 2.45) is 0 Å². The SMILES string of the molecule is CCCOc1cc2c(c3c(=O)c(-c4ccc(OC)cc4)c[nH]c13)CCC(=O)C2. The number of carbonyl (C=O) groups excluding carboxylic acids is 1. The van der Waals surface area contributed by atoms with Gasteiger partial charge in [0.1, 0.15) is 17.3 Å². The van der Waals surface area contributed by atoms with Gasteiger partial charge in [-0.15, -0.1) is 0 Å². The molecule has 5 nitrogen and oxygen atoms in total. The Hall–Kier alpha value is -3.08. The Morgan fingerprint density at radius 3 is 2.61 bits per heavy atom. The largest absolute Gasteiger partial charge is 0.497 e. The first kappa shape index (κ1) is 18.3. The second-order valence-electron chi connectivity index (χ2n) is 7.09. The zero-order valence-corrected chi connectivity index (χ0v) is 16.1. The minimum atomic E-state index is -0.0357. The molecule has 1 aliphatic carbocycles. The van der Waals surface area contributed by atoms with E-state index < -0.39 is 0 Å². The maximum atomic E-state index is 13.5. The Morgan fingerprint density at radius 2 is 1.89 bits per heavy atom. The van der Waals surface area contributed by atoms with Gasteiger partial charge in [-0.05, 0) is 47.7 Å². The van der Waals surface area contributed by atoms with Gasteiger partial charge in [-0.3, -0.25) is 9.59 Å². The van der Waals surface area contributed by atoms with Gasteiger partial charge >= 0.3 is 0 Å². The first-order valence-corrected chi connectivity index (χ1v) is 9.61. The van der Waals surface area contributed by atoms with Gasteiger partial charge in [0.15, 0.2) is 5.43 Å². The number of ether oxygens (including phenoxy) is 2. The van der Waals surface area contributed by atoms with Crippen LogP contribution >= 0.6 is 0 Å². The van der Waals surface area contributed by atoms with Crippen LogP contribution in [0, 0.1) is 0 Å². The minimum Gasteiger partial charge on any atom is -0.497 e. The fraction of sp³-hybridized carbons (Fsp3) is 0.304. The third-order valence-corrected chi connectivity index (χ3v) is 5.23. The van der Waals surface area contributed by atoms with Crippen molar-refractivity contribution in [1.29, 1.82) is 0 Å². The Kier molecular flexibility index (Phi) is 4.90. The maximum absolute atomic E-state index is 13.5. The van der Waals surface area contributed by atoms with Gasteiger partial charge in [-0.2, -0.15) is 0 Å². The van der Waals surface area contributed by atoms with Gasteiger partial charge in [-0.1, -0.05) is 19.1 Å². The van der Waals surface area contributed by atoms with E-state index in [9.17, 15) is 9.59 Å². The summed E-state index contributed by atoms with van der Waals surface area (Å²) in [4.78, 5) is 28.7. The summed E-state index contributed by atoms with van der Waals surface area (Å²) in [5.41, 5.74) is 3.98. The summed E-state index contributed by atoms with van der Waals surface area (Å²) in [6.45, 7) is 2.60. The van der Waals surface area contributed by atoms with E-state index in [2.05, 4.69) is 4.98 Å². The first-order chi connectivity index (χ1) is 13.6. The molecular formula is C23H23NO4. The molecular weight excluding hydrogens is 354 g/mol. The number of fused-ring (bicyclic) bond motifs is 3. The molecule has 1 aromatic heterocycles. The highest BCUT2D eigenvalue weighted by Crippen LogP contribution is 2.33. The minimum absolute atomic E-state index is 0.0357. The number of benzene rings is 2. The monoisotopic (exact) mass is 377 g/mol. The van der Waals surface area contributed by atoms with Crippen molar-refractivity contribution in [2.45, 2.75) is 32.6 Å². The molecule has 1 N–H and O–H groups in total. The molecule has 28 heavy (non-hydrogen) atoms. The molecule has 3 aromatic rings. The topological polar surface area (TPSA) is 68.4 Å². The molecule has 0 saturated heterocycles. The van der Waals surface area contributed by atoms with Crippen molar-refractivity contribution < 1.29 is 14.3 Å². The van der Waals surface area contributed by atoms with Crippen LogP contribution in [0.3, 0.4) is 0 Å². The lowest BCUT2D eigenvalue weighted by molar-refractivity contribution is -0.118. The van der Waals surface area contributed by atoms with Crippen LogP contribution in [0.5, 0.6) is 11.5 Å². The summed E-state index contributed by atoms with van der Waals surface area (Å²) < 4.78 is 11.1. The van der Waals surface area contributed by atoms with Crippen LogP contribution in [0.15, 0.2) is 41.3 Å². The van der Waals surface area contributed by atoms with Crippen LogP contribution in [-0.2, 0) is 17.6 Å². The molecule has 1 heterocycles. The third-order valence-electron chi connectivity index (χ3n) is 5.23. The molecule has 144 valence electrons. The molecule has 2 aromatic carbocycles. The van der Waals surface area contributed by atoms with Gasteiger partial charge < -0.3 is 14.5 Å². The number of nitrogens with one attached hydrogen (secondary N) is 1. The fourth-order valence-electron chi connectivity index (χ4n) is 3.81. The Labute approximate surface area is 163 Å². The van der Waals surface area contributed by atoms with E-state index in [4.69, 9.17) is 9.47 Å². The number of hydrogen-bond acceptors (Lipinski definition) is 4. The van der Waals surface area contributed by atoms with Gasteiger partial charge in [0.25, 0.3) is 0 Å². The molecule has 4 rings (SSSR count). The number of Topliss-reactive ketones (excluding diaryl/α,β-unsaturated/α-hetero) is 1. The lowest BCUT2D eigenvalue weighted by atomic mass is 9.87. The summed E-state index contributed by atoms with van der Waals surface area (Å²) in [7, 11) is 1.61. The smallest absolute Gasteiger partial charge is 0.197 e. The molecule has 0 aliphatic heterocycles. The van der Waals surface area contributed by atoms with Gasteiger partial charge in [0.05, 0.1) is 24.6 Å². The second-order valence-corrected chi connectivity index (χ2v) is 7.09. The highest BCUT2D eigenvalue weighted by molar-refractivity contribution is 5.95. The highest BCUT2D eigenvalue weighted by atomic mass is 16.5. The van der Waals surface area contributed by atoms with E-state index in [1.54, 1.807) is 13.3 Å². The van der Waals surface area contributed by atoms with Crippen molar-refractivity contribution in [3.8, 4) is 22.6 Å². The van der Waals surface area contributed by atoms with Crippen LogP contribution in [0.2, 0.25) is 0 Å². The maximum Gasteiger partial charge on any atom is 0.197 e. The zero-order valence-electron chi connectivity index (χ0n) is 16.1. The number of aromatic amines is 1. The number of rotatable bonds is 5. The number of carbonyl (C=O) groups is 1. The van der Waals surface area contributed by atoms with E-state index in [0.717, 1.165) is 28.9 Å². The Morgan fingerprint density at radius 1 is 1.11 bits per heavy atom. The number of hydrogen-bond donors (Lipinski definition) is 1. The van der Waals surface area contributed by atoms with E-state index in [-0.39, 0.29) is 11.2 Å². The van der Waals surface area contributed by atoms with E-state index in [0.29, 0.717) is 48.1 Å². The van der Waals surface area contributed by atoms with Crippen molar-refractivity contribution in [2.75, 3.05) is 13.7 Å². The molecule has 0 saturated carbocycles. The standard InChI is InChI=1S/C23H23NO4/c1-3-10-28-20-12-15-11-16(25)6-9-18(15)21-22(20)24-13-19(23(21)26)14-4-7-17(27-2)8-5-14/h4-5,7-8,12-13H,3,6,9-11H2,1-2H3,(H,24,26). The summed E-state index contributed by atoms with van der Waals surface area (Å²) in [5, 5.41) is 0.643. The number of aromatic nitrogens is 1. The quantitative estimate of drug-likeness (QED) is 0.728. The Balaban J connectivity index is 1.94. The number of methoxy groups -OCH3 is 1. The summed E-state index contributed by atoms with van der Waals surface area (Å²) in [6, 6.07) is 9.36. The van der Waals surface area contributed by atoms with Gasteiger partial charge in [0.2, 0.25) is 0 Å². The van der Waals surface area contributed by atoms with Crippen molar-refractivity contribution in [3.63, 3.8) is 0 Å². The molecule has 0 atom stereocenters. The molecule has 5 heteroatoms. The van der Waals surface area contributed by atoms with Crippen LogP contribution in [0.1, 0.15) is 30.9 Å². The van der Waals surface area contributed by atoms with Gasteiger partial charge in [-0.25, -0.2) is 0 Å². The number of aryl methyl sites for hydroxylation is 1. The molecule has 0 fully saturated rings. The lowest BCUT2D eigenvalue weighted by Crippen LogP contribution is -2.18. The predicted molar refractivity (Wildman–Crippen MR) is 109 cm³/mol. The fourth-order valence-corrected chi connectivity index (χ4v) is 3.81. The molecule has 0 spiro atoms. The third kappa shape index (κ3) is 3.17. The molecule has 0 bridgehead atoms. The normalized spacial score (nSPS) is 13.4. The average Bonchev–Trinajstić information content (AvgIpc) is 2.72.